The van der Waals surface area contributed by atoms with Crippen molar-refractivity contribution in [2.24, 2.45) is 0 Å². The summed E-state index contributed by atoms with van der Waals surface area (Å²) in [4.78, 5) is 12.3. The zero-order valence-electron chi connectivity index (χ0n) is 14.9. The van der Waals surface area contributed by atoms with Gasteiger partial charge >= 0.3 is 6.03 Å². The molecule has 27 heavy (non-hydrogen) atoms. The zero-order valence-corrected chi connectivity index (χ0v) is 14.9. The number of halogens is 1. The Morgan fingerprint density at radius 3 is 2.85 bits per heavy atom. The number of unbranched alkanes of at least 4 members (excludes halogenated alkanes) is 1. The van der Waals surface area contributed by atoms with Gasteiger partial charge in [-0.1, -0.05) is 6.07 Å². The summed E-state index contributed by atoms with van der Waals surface area (Å²) in [5, 5.41) is 13.2. The van der Waals surface area contributed by atoms with E-state index in [0.717, 1.165) is 10.9 Å². The fourth-order valence-corrected chi connectivity index (χ4v) is 2.54. The zero-order chi connectivity index (χ0) is 19.1. The van der Waals surface area contributed by atoms with Crippen LogP contribution in [0.4, 0.5) is 20.7 Å². The molecule has 0 saturated heterocycles. The van der Waals surface area contributed by atoms with E-state index in [9.17, 15) is 9.18 Å². The number of anilines is 2. The molecule has 2 aromatic carbocycles. The van der Waals surface area contributed by atoms with Crippen LogP contribution in [0.15, 0.2) is 42.5 Å². The van der Waals surface area contributed by atoms with Gasteiger partial charge in [0.05, 0.1) is 25.9 Å². The molecule has 8 heteroatoms. The molecular formula is C19H21FN4O3. The van der Waals surface area contributed by atoms with Crippen LogP contribution in [0.2, 0.25) is 0 Å². The number of carbonyl (C=O) groups is 1. The van der Waals surface area contributed by atoms with Crippen molar-refractivity contribution in [3.05, 3.63) is 42.5 Å². The Bertz CT molecular complexity index is 913. The number of nitrogens with one attached hydrogen (secondary N) is 3. The van der Waals surface area contributed by atoms with Crippen LogP contribution in [-0.2, 0) is 0 Å². The first-order chi connectivity index (χ1) is 13.2. The number of fused-ring (bicyclic) bond motifs is 1. The van der Waals surface area contributed by atoms with Crippen LogP contribution in [0.1, 0.15) is 12.8 Å². The van der Waals surface area contributed by atoms with Gasteiger partial charge in [0.2, 0.25) is 0 Å². The Kier molecular flexibility index (Phi) is 6.09. The van der Waals surface area contributed by atoms with Gasteiger partial charge in [0.25, 0.3) is 0 Å². The number of hydrogen-bond donors (Lipinski definition) is 3. The third-order valence-electron chi connectivity index (χ3n) is 3.89. The van der Waals surface area contributed by atoms with Crippen molar-refractivity contribution in [1.82, 2.24) is 10.2 Å². The molecular weight excluding hydrogens is 351 g/mol. The average molecular weight is 372 g/mol. The molecule has 2 amide bonds. The van der Waals surface area contributed by atoms with E-state index in [-0.39, 0.29) is 6.67 Å². The lowest BCUT2D eigenvalue weighted by molar-refractivity contribution is 0.262. The van der Waals surface area contributed by atoms with Crippen LogP contribution in [0, 0.1) is 0 Å². The normalized spacial score (nSPS) is 10.6. The van der Waals surface area contributed by atoms with Crippen molar-refractivity contribution in [2.75, 3.05) is 31.0 Å². The third kappa shape index (κ3) is 4.87. The Morgan fingerprint density at radius 2 is 2.04 bits per heavy atom. The second-order valence-electron chi connectivity index (χ2n) is 5.84. The largest absolute Gasteiger partial charge is 0.497 e. The first-order valence-electron chi connectivity index (χ1n) is 8.58. The number of ether oxygens (including phenoxy) is 2. The number of benzene rings is 2. The number of aromatic nitrogens is 2. The molecule has 7 nitrogen and oxygen atoms in total. The number of hydrogen-bond acceptors (Lipinski definition) is 4. The van der Waals surface area contributed by atoms with Gasteiger partial charge in [0, 0.05) is 17.1 Å². The van der Waals surface area contributed by atoms with E-state index >= 15 is 0 Å². The third-order valence-corrected chi connectivity index (χ3v) is 3.89. The van der Waals surface area contributed by atoms with Crippen molar-refractivity contribution in [3.63, 3.8) is 0 Å². The van der Waals surface area contributed by atoms with Gasteiger partial charge in [0.1, 0.15) is 11.5 Å². The topological polar surface area (TPSA) is 88.3 Å². The molecule has 3 aromatic rings. The van der Waals surface area contributed by atoms with Crippen molar-refractivity contribution in [2.45, 2.75) is 12.8 Å². The summed E-state index contributed by atoms with van der Waals surface area (Å²) in [6, 6.07) is 12.0. The standard InChI is InChI=1S/C19H21FN4O3/c1-26-14-6-4-5-13(11-14)21-19(25)22-18-16-12-15(27-10-3-2-9-20)7-8-17(16)23-24-18/h4-8,11-12H,2-3,9-10H2,1H3,(H3,21,22,23,24,25). The molecule has 1 heterocycles. The molecule has 0 aliphatic heterocycles. The van der Waals surface area contributed by atoms with Gasteiger partial charge in [-0.2, -0.15) is 5.10 Å². The summed E-state index contributed by atoms with van der Waals surface area (Å²) in [5.74, 6) is 1.67. The smallest absolute Gasteiger partial charge is 0.324 e. The summed E-state index contributed by atoms with van der Waals surface area (Å²) >= 11 is 0. The predicted octanol–water partition coefficient (Wildman–Crippen LogP) is 4.34. The lowest BCUT2D eigenvalue weighted by Crippen LogP contribution is -2.19. The van der Waals surface area contributed by atoms with Gasteiger partial charge in [0.15, 0.2) is 5.82 Å². The van der Waals surface area contributed by atoms with Crippen molar-refractivity contribution >= 4 is 28.4 Å². The first-order valence-corrected chi connectivity index (χ1v) is 8.58. The maximum absolute atomic E-state index is 12.3. The predicted molar refractivity (Wildman–Crippen MR) is 102 cm³/mol. The van der Waals surface area contributed by atoms with Gasteiger partial charge in [-0.25, -0.2) is 4.79 Å². The van der Waals surface area contributed by atoms with Gasteiger partial charge < -0.3 is 14.8 Å². The number of amides is 2. The lowest BCUT2D eigenvalue weighted by Gasteiger charge is -2.08. The van der Waals surface area contributed by atoms with E-state index in [1.54, 1.807) is 43.5 Å². The molecule has 0 atom stereocenters. The van der Waals surface area contributed by atoms with E-state index in [1.165, 1.54) is 0 Å². The molecule has 3 rings (SSSR count). The van der Waals surface area contributed by atoms with E-state index in [1.807, 2.05) is 6.07 Å². The number of urea groups is 1. The molecule has 0 radical (unpaired) electrons. The molecule has 142 valence electrons. The van der Waals surface area contributed by atoms with Crippen molar-refractivity contribution in [3.8, 4) is 11.5 Å². The lowest BCUT2D eigenvalue weighted by atomic mass is 10.2. The van der Waals surface area contributed by atoms with Crippen LogP contribution in [-0.4, -0.2) is 36.6 Å². The fourth-order valence-electron chi connectivity index (χ4n) is 2.54. The van der Waals surface area contributed by atoms with Gasteiger partial charge in [-0.05, 0) is 43.2 Å². The second kappa shape index (κ2) is 8.88. The summed E-state index contributed by atoms with van der Waals surface area (Å²) in [5.41, 5.74) is 1.37. The highest BCUT2D eigenvalue weighted by atomic mass is 19.1. The minimum Gasteiger partial charge on any atom is -0.497 e. The molecule has 0 aliphatic carbocycles. The minimum absolute atomic E-state index is 0.347. The SMILES string of the molecule is COc1cccc(NC(=O)Nc2n[nH]c3ccc(OCCCCF)cc23)c1. The Labute approximate surface area is 155 Å². The summed E-state index contributed by atoms with van der Waals surface area (Å²) in [6.45, 7) is 0.0902. The minimum atomic E-state index is -0.425. The number of alkyl halides is 1. The van der Waals surface area contributed by atoms with E-state index < -0.39 is 6.03 Å². The molecule has 0 bridgehead atoms. The fraction of sp³-hybridized carbons (Fsp3) is 0.263. The van der Waals surface area contributed by atoms with Gasteiger partial charge in [-0.15, -0.1) is 0 Å². The van der Waals surface area contributed by atoms with Crippen LogP contribution >= 0.6 is 0 Å². The van der Waals surface area contributed by atoms with Crippen molar-refractivity contribution in [1.29, 1.82) is 0 Å². The molecule has 0 spiro atoms. The second-order valence-corrected chi connectivity index (χ2v) is 5.84. The molecule has 0 fully saturated rings. The first kappa shape index (κ1) is 18.5. The van der Waals surface area contributed by atoms with Crippen molar-refractivity contribution < 1.29 is 18.7 Å². The summed E-state index contributed by atoms with van der Waals surface area (Å²) < 4.78 is 22.9. The number of H-pyrrole nitrogens is 1. The highest BCUT2D eigenvalue weighted by molar-refractivity contribution is 6.04. The van der Waals surface area contributed by atoms with E-state index in [0.29, 0.717) is 42.5 Å². The molecule has 3 N–H and O–H groups in total. The summed E-state index contributed by atoms with van der Waals surface area (Å²) in [7, 11) is 1.56. The number of methoxy groups -OCH3 is 1. The molecule has 0 unspecified atom stereocenters. The monoisotopic (exact) mass is 372 g/mol. The van der Waals surface area contributed by atoms with E-state index in [2.05, 4.69) is 20.8 Å². The van der Waals surface area contributed by atoms with Crippen LogP contribution in [0.3, 0.4) is 0 Å². The van der Waals surface area contributed by atoms with E-state index in [4.69, 9.17) is 9.47 Å². The summed E-state index contributed by atoms with van der Waals surface area (Å²) in [6.07, 6.45) is 1.12. The molecule has 0 saturated carbocycles. The molecule has 1 aromatic heterocycles. The van der Waals surface area contributed by atoms with Gasteiger partial charge in [-0.3, -0.25) is 14.8 Å². The maximum atomic E-state index is 12.3. The van der Waals surface area contributed by atoms with Crippen LogP contribution in [0.25, 0.3) is 10.9 Å². The van der Waals surface area contributed by atoms with Crippen LogP contribution in [0.5, 0.6) is 11.5 Å². The molecule has 0 aliphatic rings. The Hall–Kier alpha value is -3.29. The highest BCUT2D eigenvalue weighted by Crippen LogP contribution is 2.26. The average Bonchev–Trinajstić information content (AvgIpc) is 3.07. The number of carbonyl (C=O) groups excluding carboxylic acids is 1. The quantitative estimate of drug-likeness (QED) is 0.513. The number of aromatic amines is 1. The Morgan fingerprint density at radius 1 is 1.15 bits per heavy atom. The number of nitrogens with zero attached hydrogens (tertiary/aromatic N) is 1. The highest BCUT2D eigenvalue weighted by Gasteiger charge is 2.11. The maximum Gasteiger partial charge on any atom is 0.324 e. The Balaban J connectivity index is 1.67. The van der Waals surface area contributed by atoms with Crippen LogP contribution < -0.4 is 20.1 Å². The number of rotatable bonds is 8.